The van der Waals surface area contributed by atoms with Crippen LogP contribution in [0, 0.1) is 0 Å². The molecule has 0 unspecified atom stereocenters. The molecule has 1 aliphatic heterocycles. The second-order valence-corrected chi connectivity index (χ2v) is 6.38. The zero-order valence-corrected chi connectivity index (χ0v) is 16.4. The van der Waals surface area contributed by atoms with Gasteiger partial charge in [-0.05, 0) is 50.5 Å². The van der Waals surface area contributed by atoms with Gasteiger partial charge in [-0.3, -0.25) is 4.79 Å². The highest BCUT2D eigenvalue weighted by Crippen LogP contribution is 2.28. The predicted octanol–water partition coefficient (Wildman–Crippen LogP) is 2.84. The van der Waals surface area contributed by atoms with E-state index in [9.17, 15) is 9.59 Å². The first-order chi connectivity index (χ1) is 13.0. The Morgan fingerprint density at radius 1 is 1.19 bits per heavy atom. The minimum Gasteiger partial charge on any atom is -0.493 e. The van der Waals surface area contributed by atoms with Crippen molar-refractivity contribution in [1.29, 1.82) is 0 Å². The molecule has 1 aromatic rings. The van der Waals surface area contributed by atoms with Gasteiger partial charge in [0.25, 0.3) is 0 Å². The van der Waals surface area contributed by atoms with Crippen LogP contribution in [-0.2, 0) is 9.53 Å². The van der Waals surface area contributed by atoms with Crippen molar-refractivity contribution in [3.8, 4) is 11.5 Å². The smallest absolute Gasteiger partial charge is 0.409 e. The molecule has 27 heavy (non-hydrogen) atoms. The van der Waals surface area contributed by atoms with Gasteiger partial charge in [-0.25, -0.2) is 4.79 Å². The number of hydrogen-bond acceptors (Lipinski definition) is 5. The van der Waals surface area contributed by atoms with Crippen LogP contribution in [0.4, 0.5) is 4.79 Å². The first kappa shape index (κ1) is 20.6. The molecule has 0 aliphatic carbocycles. The van der Waals surface area contributed by atoms with E-state index in [0.717, 1.165) is 5.56 Å². The topological polar surface area (TPSA) is 77.1 Å². The summed E-state index contributed by atoms with van der Waals surface area (Å²) in [6.45, 7) is 5.11. The van der Waals surface area contributed by atoms with E-state index < -0.39 is 0 Å². The molecule has 2 amide bonds. The normalized spacial score (nSPS) is 15.3. The summed E-state index contributed by atoms with van der Waals surface area (Å²) < 4.78 is 15.5. The van der Waals surface area contributed by atoms with Crippen LogP contribution in [0.1, 0.15) is 32.3 Å². The van der Waals surface area contributed by atoms with Gasteiger partial charge in [0.2, 0.25) is 5.91 Å². The molecule has 1 N–H and O–H groups in total. The van der Waals surface area contributed by atoms with Crippen molar-refractivity contribution in [2.75, 3.05) is 33.9 Å². The van der Waals surface area contributed by atoms with E-state index in [2.05, 4.69) is 5.32 Å². The lowest BCUT2D eigenvalue weighted by Crippen LogP contribution is -2.46. The molecule has 0 radical (unpaired) electrons. The maximum atomic E-state index is 12.5. The first-order valence-corrected chi connectivity index (χ1v) is 9.11. The van der Waals surface area contributed by atoms with Crippen molar-refractivity contribution in [2.24, 2.45) is 0 Å². The standard InChI is InChI=1S/C20H28N2O5/c1-5-27-20(24)22-10-8-16(9-11-22)21-19(23)14(2)12-15-6-7-17(25-3)18(13-15)26-4/h6-7,12-13,16H,5,8-11H2,1-4H3,(H,21,23)/b14-12+. The van der Waals surface area contributed by atoms with Crippen molar-refractivity contribution in [1.82, 2.24) is 10.2 Å². The van der Waals surface area contributed by atoms with Gasteiger partial charge < -0.3 is 24.4 Å². The summed E-state index contributed by atoms with van der Waals surface area (Å²) in [6, 6.07) is 5.56. The average molecular weight is 376 g/mol. The summed E-state index contributed by atoms with van der Waals surface area (Å²) in [4.78, 5) is 25.9. The van der Waals surface area contributed by atoms with Crippen LogP contribution in [-0.4, -0.2) is 56.9 Å². The zero-order chi connectivity index (χ0) is 19.8. The van der Waals surface area contributed by atoms with Gasteiger partial charge in [-0.15, -0.1) is 0 Å². The number of methoxy groups -OCH3 is 2. The third kappa shape index (κ3) is 5.64. The molecule has 7 nitrogen and oxygen atoms in total. The molecule has 1 aliphatic rings. The van der Waals surface area contributed by atoms with Crippen molar-refractivity contribution >= 4 is 18.1 Å². The van der Waals surface area contributed by atoms with Crippen molar-refractivity contribution < 1.29 is 23.8 Å². The van der Waals surface area contributed by atoms with Crippen molar-refractivity contribution in [3.05, 3.63) is 29.3 Å². The lowest BCUT2D eigenvalue weighted by atomic mass is 10.0. The van der Waals surface area contributed by atoms with Gasteiger partial charge >= 0.3 is 6.09 Å². The van der Waals surface area contributed by atoms with Crippen LogP contribution in [0.5, 0.6) is 11.5 Å². The number of benzene rings is 1. The van der Waals surface area contributed by atoms with E-state index in [1.807, 2.05) is 18.2 Å². The van der Waals surface area contributed by atoms with E-state index >= 15 is 0 Å². The molecule has 2 rings (SSSR count). The second-order valence-electron chi connectivity index (χ2n) is 6.38. The Kier molecular flexibility index (Phi) is 7.52. The molecule has 1 heterocycles. The van der Waals surface area contributed by atoms with Crippen LogP contribution >= 0.6 is 0 Å². The predicted molar refractivity (Wildman–Crippen MR) is 103 cm³/mol. The third-order valence-corrected chi connectivity index (χ3v) is 4.51. The fourth-order valence-electron chi connectivity index (χ4n) is 2.98. The summed E-state index contributed by atoms with van der Waals surface area (Å²) in [7, 11) is 3.16. The third-order valence-electron chi connectivity index (χ3n) is 4.51. The monoisotopic (exact) mass is 376 g/mol. The van der Waals surface area contributed by atoms with Gasteiger partial charge in [-0.2, -0.15) is 0 Å². The number of piperidine rings is 1. The average Bonchev–Trinajstić information content (AvgIpc) is 2.68. The molecule has 1 fully saturated rings. The highest BCUT2D eigenvalue weighted by molar-refractivity contribution is 5.97. The van der Waals surface area contributed by atoms with E-state index in [0.29, 0.717) is 49.6 Å². The van der Waals surface area contributed by atoms with Crippen molar-refractivity contribution in [3.63, 3.8) is 0 Å². The molecule has 0 bridgehead atoms. The van der Waals surface area contributed by atoms with Gasteiger partial charge in [0, 0.05) is 24.7 Å². The fourth-order valence-corrected chi connectivity index (χ4v) is 2.98. The van der Waals surface area contributed by atoms with Crippen LogP contribution in [0.25, 0.3) is 6.08 Å². The highest BCUT2D eigenvalue weighted by Gasteiger charge is 2.24. The number of nitrogens with zero attached hydrogens (tertiary/aromatic N) is 1. The quantitative estimate of drug-likeness (QED) is 0.773. The summed E-state index contributed by atoms with van der Waals surface area (Å²) in [5.74, 6) is 1.15. The summed E-state index contributed by atoms with van der Waals surface area (Å²) >= 11 is 0. The van der Waals surface area contributed by atoms with Gasteiger partial charge in [0.05, 0.1) is 20.8 Å². The maximum absolute atomic E-state index is 12.5. The Labute approximate surface area is 160 Å². The van der Waals surface area contributed by atoms with Gasteiger partial charge in [-0.1, -0.05) is 6.07 Å². The minimum absolute atomic E-state index is 0.0527. The highest BCUT2D eigenvalue weighted by atomic mass is 16.6. The molecule has 1 aromatic carbocycles. The summed E-state index contributed by atoms with van der Waals surface area (Å²) in [5.41, 5.74) is 1.47. The molecule has 0 spiro atoms. The molecule has 7 heteroatoms. The van der Waals surface area contributed by atoms with Crippen LogP contribution in [0.3, 0.4) is 0 Å². The number of hydrogen-bond donors (Lipinski definition) is 1. The van der Waals surface area contributed by atoms with Crippen molar-refractivity contribution in [2.45, 2.75) is 32.7 Å². The molecule has 1 saturated heterocycles. The molecule has 0 saturated carbocycles. The number of amides is 2. The molecule has 148 valence electrons. The maximum Gasteiger partial charge on any atom is 0.409 e. The Bertz CT molecular complexity index is 694. The summed E-state index contributed by atoms with van der Waals surface area (Å²) in [6.07, 6.45) is 2.96. The summed E-state index contributed by atoms with van der Waals surface area (Å²) in [5, 5.41) is 3.04. The largest absolute Gasteiger partial charge is 0.493 e. The Morgan fingerprint density at radius 3 is 2.44 bits per heavy atom. The van der Waals surface area contributed by atoms with Gasteiger partial charge in [0.1, 0.15) is 0 Å². The van der Waals surface area contributed by atoms with Crippen LogP contribution in [0.15, 0.2) is 23.8 Å². The molecule has 0 aromatic heterocycles. The van der Waals surface area contributed by atoms with E-state index in [1.165, 1.54) is 0 Å². The molecular formula is C20H28N2O5. The number of ether oxygens (including phenoxy) is 3. The Hall–Kier alpha value is -2.70. The first-order valence-electron chi connectivity index (χ1n) is 9.11. The number of carbonyl (C=O) groups excluding carboxylic acids is 2. The molecule has 0 atom stereocenters. The Morgan fingerprint density at radius 2 is 1.85 bits per heavy atom. The SMILES string of the molecule is CCOC(=O)N1CCC(NC(=O)/C(C)=C/c2ccc(OC)c(OC)c2)CC1. The number of carbonyl (C=O) groups is 2. The van der Waals surface area contributed by atoms with Crippen LogP contribution < -0.4 is 14.8 Å². The zero-order valence-electron chi connectivity index (χ0n) is 16.4. The lowest BCUT2D eigenvalue weighted by molar-refractivity contribution is -0.118. The number of nitrogens with one attached hydrogen (secondary N) is 1. The van der Waals surface area contributed by atoms with E-state index in [4.69, 9.17) is 14.2 Å². The van der Waals surface area contributed by atoms with Crippen LogP contribution in [0.2, 0.25) is 0 Å². The number of likely N-dealkylation sites (tertiary alicyclic amines) is 1. The van der Waals surface area contributed by atoms with E-state index in [-0.39, 0.29) is 18.0 Å². The number of rotatable bonds is 6. The fraction of sp³-hybridized carbons (Fsp3) is 0.500. The minimum atomic E-state index is -0.285. The molecular weight excluding hydrogens is 348 g/mol. The van der Waals surface area contributed by atoms with E-state index in [1.54, 1.807) is 39.0 Å². The second kappa shape index (κ2) is 9.85. The Balaban J connectivity index is 1.92. The lowest BCUT2D eigenvalue weighted by Gasteiger charge is -2.31. The van der Waals surface area contributed by atoms with Gasteiger partial charge in [0.15, 0.2) is 11.5 Å².